The van der Waals surface area contributed by atoms with E-state index in [0.29, 0.717) is 0 Å². The molecule has 53 heavy (non-hydrogen) atoms. The number of hydrogen-bond acceptors (Lipinski definition) is 2. The van der Waals surface area contributed by atoms with Crippen molar-refractivity contribution in [1.29, 1.82) is 0 Å². The Bertz CT molecular complexity index is 3160. The number of hydrogen-bond donors (Lipinski definition) is 0. The zero-order valence-electron chi connectivity index (χ0n) is 28.8. The van der Waals surface area contributed by atoms with Gasteiger partial charge in [0, 0.05) is 38.6 Å². The van der Waals surface area contributed by atoms with Crippen molar-refractivity contribution in [3.63, 3.8) is 0 Å². The highest BCUT2D eigenvalue weighted by molar-refractivity contribution is 6.24. The van der Waals surface area contributed by atoms with Crippen molar-refractivity contribution < 1.29 is 4.42 Å². The van der Waals surface area contributed by atoms with E-state index in [1.807, 2.05) is 0 Å². The molecule has 0 aliphatic rings. The normalized spacial score (nSPS) is 11.8. The minimum absolute atomic E-state index is 0.892. The maximum Gasteiger partial charge on any atom is 0.145 e. The van der Waals surface area contributed by atoms with Crippen molar-refractivity contribution in [2.24, 2.45) is 0 Å². The van der Waals surface area contributed by atoms with Gasteiger partial charge >= 0.3 is 0 Å². The topological polar surface area (TPSA) is 21.3 Å². The molecule has 0 spiro atoms. The van der Waals surface area contributed by atoms with E-state index in [-0.39, 0.29) is 0 Å². The van der Waals surface area contributed by atoms with Gasteiger partial charge in [-0.25, -0.2) is 0 Å². The summed E-state index contributed by atoms with van der Waals surface area (Å²) in [6, 6.07) is 69.6. The highest BCUT2D eigenvalue weighted by Crippen LogP contribution is 2.44. The first-order valence-corrected chi connectivity index (χ1v) is 18.1. The first kappa shape index (κ1) is 29.6. The molecule has 0 saturated heterocycles. The molecule has 3 nitrogen and oxygen atoms in total. The fourth-order valence-electron chi connectivity index (χ4n) is 8.35. The lowest BCUT2D eigenvalue weighted by Gasteiger charge is -2.27. The molecule has 11 aromatic rings. The minimum atomic E-state index is 0.892. The summed E-state index contributed by atoms with van der Waals surface area (Å²) in [4.78, 5) is 2.38. The molecule has 0 atom stereocenters. The monoisotopic (exact) mass is 676 g/mol. The maximum atomic E-state index is 6.71. The highest BCUT2D eigenvalue weighted by atomic mass is 16.3. The van der Waals surface area contributed by atoms with Gasteiger partial charge in [-0.05, 0) is 100 Å². The number of para-hydroxylation sites is 3. The molecule has 248 valence electrons. The summed E-state index contributed by atoms with van der Waals surface area (Å²) in [7, 11) is 0. The molecule has 0 saturated carbocycles. The van der Waals surface area contributed by atoms with Crippen LogP contribution in [0.5, 0.6) is 0 Å². The molecule has 0 radical (unpaired) electrons. The van der Waals surface area contributed by atoms with E-state index in [9.17, 15) is 0 Å². The second-order valence-corrected chi connectivity index (χ2v) is 13.7. The third kappa shape index (κ3) is 4.61. The van der Waals surface area contributed by atoms with E-state index >= 15 is 0 Å². The highest BCUT2D eigenvalue weighted by Gasteiger charge is 2.20. The second kappa shape index (κ2) is 11.7. The third-order valence-electron chi connectivity index (χ3n) is 10.7. The van der Waals surface area contributed by atoms with Crippen LogP contribution in [0.25, 0.3) is 82.1 Å². The van der Waals surface area contributed by atoms with E-state index in [0.717, 1.165) is 66.7 Å². The number of aromatic nitrogens is 1. The molecule has 2 aromatic heterocycles. The Labute approximate surface area is 306 Å². The summed E-state index contributed by atoms with van der Waals surface area (Å²) in [6.45, 7) is 0. The van der Waals surface area contributed by atoms with Crippen LogP contribution in [0, 0.1) is 0 Å². The zero-order valence-corrected chi connectivity index (χ0v) is 28.8. The van der Waals surface area contributed by atoms with Crippen LogP contribution in [-0.4, -0.2) is 4.57 Å². The molecule has 3 heteroatoms. The SMILES string of the molecule is c1ccc(N(c2ccc(-c3ccc4oc5c(ccc6c5c5ccccc5n6-c5ccccc5)c4c3)cc2)c2cc3ccccc3c3ccccc23)cc1. The summed E-state index contributed by atoms with van der Waals surface area (Å²) in [5, 5.41) is 9.54. The van der Waals surface area contributed by atoms with Gasteiger partial charge in [0.25, 0.3) is 0 Å². The third-order valence-corrected chi connectivity index (χ3v) is 10.7. The van der Waals surface area contributed by atoms with Gasteiger partial charge in [-0.2, -0.15) is 0 Å². The largest absolute Gasteiger partial charge is 0.455 e. The molecule has 0 N–H and O–H groups in total. The molecule has 11 rings (SSSR count). The smallest absolute Gasteiger partial charge is 0.145 e. The molecule has 0 bridgehead atoms. The summed E-state index contributed by atoms with van der Waals surface area (Å²) in [5.41, 5.74) is 11.0. The van der Waals surface area contributed by atoms with Crippen LogP contribution in [-0.2, 0) is 0 Å². The lowest BCUT2D eigenvalue weighted by molar-refractivity contribution is 0.673. The van der Waals surface area contributed by atoms with Gasteiger partial charge < -0.3 is 13.9 Å². The summed E-state index contributed by atoms with van der Waals surface area (Å²) < 4.78 is 9.05. The quantitative estimate of drug-likeness (QED) is 0.169. The van der Waals surface area contributed by atoms with Gasteiger partial charge in [-0.3, -0.25) is 0 Å². The van der Waals surface area contributed by atoms with Crippen molar-refractivity contribution in [2.75, 3.05) is 4.90 Å². The Balaban J connectivity index is 1.04. The number of furan rings is 1. The maximum absolute atomic E-state index is 6.71. The van der Waals surface area contributed by atoms with Gasteiger partial charge in [0.15, 0.2) is 0 Å². The van der Waals surface area contributed by atoms with Gasteiger partial charge in [-0.1, -0.05) is 121 Å². The van der Waals surface area contributed by atoms with E-state index < -0.39 is 0 Å². The number of nitrogens with zero attached hydrogens (tertiary/aromatic N) is 2. The standard InChI is InChI=1S/C50H32N2O/c1-3-14-36(15-4-1)51(47-32-35-13-7-8-18-39(35)40-19-9-10-20-41(40)47)38-26-23-33(24-27-38)34-25-30-48-44(31-34)42-28-29-46-49(50(42)53-48)43-21-11-12-22-45(43)52(46)37-16-5-2-6-17-37/h1-32H. The number of fused-ring (bicyclic) bond motifs is 10. The van der Waals surface area contributed by atoms with Crippen molar-refractivity contribution >= 4 is 82.4 Å². The Morgan fingerprint density at radius 1 is 0.396 bits per heavy atom. The van der Waals surface area contributed by atoms with Crippen LogP contribution in [0.15, 0.2) is 199 Å². The molecular formula is C50H32N2O. The molecule has 0 amide bonds. The fraction of sp³-hybridized carbons (Fsp3) is 0. The number of benzene rings is 9. The van der Waals surface area contributed by atoms with Gasteiger partial charge in [0.05, 0.1) is 22.1 Å². The van der Waals surface area contributed by atoms with E-state index in [2.05, 4.69) is 204 Å². The first-order chi connectivity index (χ1) is 26.3. The molecule has 2 heterocycles. The van der Waals surface area contributed by atoms with Crippen molar-refractivity contribution in [3.05, 3.63) is 194 Å². The Morgan fingerprint density at radius 3 is 1.85 bits per heavy atom. The number of anilines is 3. The van der Waals surface area contributed by atoms with Gasteiger partial charge in [-0.15, -0.1) is 0 Å². The van der Waals surface area contributed by atoms with E-state index in [4.69, 9.17) is 4.42 Å². The minimum Gasteiger partial charge on any atom is -0.455 e. The van der Waals surface area contributed by atoms with Gasteiger partial charge in [0.2, 0.25) is 0 Å². The van der Waals surface area contributed by atoms with Crippen LogP contribution in [0.3, 0.4) is 0 Å². The molecule has 0 unspecified atom stereocenters. The van der Waals surface area contributed by atoms with E-state index in [1.54, 1.807) is 0 Å². The Hall–Kier alpha value is -7.10. The molecule has 9 aromatic carbocycles. The van der Waals surface area contributed by atoms with E-state index in [1.165, 1.54) is 32.4 Å². The van der Waals surface area contributed by atoms with Crippen LogP contribution in [0.1, 0.15) is 0 Å². The summed E-state index contributed by atoms with van der Waals surface area (Å²) >= 11 is 0. The lowest BCUT2D eigenvalue weighted by Crippen LogP contribution is -2.10. The predicted octanol–water partition coefficient (Wildman–Crippen LogP) is 14.1. The summed E-state index contributed by atoms with van der Waals surface area (Å²) in [6.07, 6.45) is 0. The van der Waals surface area contributed by atoms with Gasteiger partial charge in [0.1, 0.15) is 11.2 Å². The molecule has 0 fully saturated rings. The van der Waals surface area contributed by atoms with Crippen molar-refractivity contribution in [3.8, 4) is 16.8 Å². The first-order valence-electron chi connectivity index (χ1n) is 18.1. The van der Waals surface area contributed by atoms with Crippen molar-refractivity contribution in [2.45, 2.75) is 0 Å². The van der Waals surface area contributed by atoms with Crippen molar-refractivity contribution in [1.82, 2.24) is 4.57 Å². The number of rotatable bonds is 5. The van der Waals surface area contributed by atoms with Crippen LogP contribution >= 0.6 is 0 Å². The molecular weight excluding hydrogens is 645 g/mol. The summed E-state index contributed by atoms with van der Waals surface area (Å²) in [5.74, 6) is 0. The zero-order chi connectivity index (χ0) is 34.9. The lowest BCUT2D eigenvalue weighted by atomic mass is 9.98. The Kier molecular flexibility index (Phi) is 6.55. The molecule has 0 aliphatic heterocycles. The Morgan fingerprint density at radius 2 is 1.04 bits per heavy atom. The second-order valence-electron chi connectivity index (χ2n) is 13.7. The van der Waals surface area contributed by atoms with Crippen LogP contribution in [0.2, 0.25) is 0 Å². The average Bonchev–Trinajstić information content (AvgIpc) is 3.77. The fourth-order valence-corrected chi connectivity index (χ4v) is 8.35. The average molecular weight is 677 g/mol. The van der Waals surface area contributed by atoms with Crippen LogP contribution in [0.4, 0.5) is 17.1 Å². The predicted molar refractivity (Wildman–Crippen MR) is 223 cm³/mol. The van der Waals surface area contributed by atoms with Crippen LogP contribution < -0.4 is 4.90 Å². The molecule has 0 aliphatic carbocycles.